The van der Waals surface area contributed by atoms with Gasteiger partial charge in [-0.1, -0.05) is 28.9 Å². The van der Waals surface area contributed by atoms with Gasteiger partial charge in [0.1, 0.15) is 0 Å². The first-order valence-electron chi connectivity index (χ1n) is 6.13. The van der Waals surface area contributed by atoms with Crippen LogP contribution in [0, 0.1) is 5.92 Å². The Morgan fingerprint density at radius 3 is 2.89 bits per heavy atom. The average Bonchev–Trinajstić information content (AvgIpc) is 2.91. The molecule has 1 saturated heterocycles. The minimum atomic E-state index is -0.168. The number of aromatic amines is 2. The third kappa shape index (κ3) is 2.01. The van der Waals surface area contributed by atoms with E-state index >= 15 is 0 Å². The Bertz CT molecular complexity index is 619. The smallest absolute Gasteiger partial charge is 0.323 e. The molecule has 3 unspecified atom stereocenters. The van der Waals surface area contributed by atoms with Crippen molar-refractivity contribution in [2.75, 3.05) is 6.61 Å². The molecule has 1 aliphatic heterocycles. The number of fused-ring (bicyclic) bond motifs is 1. The maximum Gasteiger partial charge on any atom is 0.323 e. The number of alkyl halides is 1. The molecule has 0 aliphatic carbocycles. The van der Waals surface area contributed by atoms with Gasteiger partial charge < -0.3 is 14.7 Å². The fourth-order valence-electron chi connectivity index (χ4n) is 2.50. The molecule has 0 spiro atoms. The number of imidazole rings is 1. The van der Waals surface area contributed by atoms with Gasteiger partial charge in [0.25, 0.3) is 0 Å². The van der Waals surface area contributed by atoms with Crippen LogP contribution in [0.1, 0.15) is 23.7 Å². The summed E-state index contributed by atoms with van der Waals surface area (Å²) in [6.07, 6.45) is 1.31. The molecular weight excluding hydrogens is 296 g/mol. The summed E-state index contributed by atoms with van der Waals surface area (Å²) in [5, 5.41) is 0. The fourth-order valence-corrected chi connectivity index (χ4v) is 3.46. The van der Waals surface area contributed by atoms with Crippen molar-refractivity contribution in [3.8, 4) is 0 Å². The van der Waals surface area contributed by atoms with Crippen LogP contribution in [0.5, 0.6) is 0 Å². The van der Waals surface area contributed by atoms with E-state index in [9.17, 15) is 4.79 Å². The number of rotatable bonds is 2. The molecule has 0 radical (unpaired) electrons. The van der Waals surface area contributed by atoms with Crippen molar-refractivity contribution in [2.45, 2.75) is 24.3 Å². The molecule has 18 heavy (non-hydrogen) atoms. The Hall–Kier alpha value is -1.07. The molecular formula is C13H15BrN2O2. The van der Waals surface area contributed by atoms with E-state index in [1.54, 1.807) is 0 Å². The van der Waals surface area contributed by atoms with E-state index in [0.717, 1.165) is 29.6 Å². The number of halogens is 1. The first kappa shape index (κ1) is 12.0. The minimum absolute atomic E-state index is 0.165. The van der Waals surface area contributed by atoms with Gasteiger partial charge in [-0.05, 0) is 30.0 Å². The van der Waals surface area contributed by atoms with Gasteiger partial charge in [0, 0.05) is 6.61 Å². The standard InChI is InChI=1S/C13H15BrN2O2/c1-7-4-5-18-12(7)11(14)8-2-3-9-10(6-8)16-13(17)15-9/h2-3,6-7,11-12H,4-5H2,1H3,(H2,15,16,17). The Morgan fingerprint density at radius 2 is 2.17 bits per heavy atom. The van der Waals surface area contributed by atoms with E-state index in [-0.39, 0.29) is 16.6 Å². The number of ether oxygens (including phenoxy) is 1. The monoisotopic (exact) mass is 310 g/mol. The zero-order valence-corrected chi connectivity index (χ0v) is 11.7. The summed E-state index contributed by atoms with van der Waals surface area (Å²) >= 11 is 3.72. The Morgan fingerprint density at radius 1 is 1.39 bits per heavy atom. The van der Waals surface area contributed by atoms with Gasteiger partial charge in [-0.15, -0.1) is 0 Å². The van der Waals surface area contributed by atoms with Crippen molar-refractivity contribution >= 4 is 27.0 Å². The van der Waals surface area contributed by atoms with Crippen LogP contribution >= 0.6 is 15.9 Å². The van der Waals surface area contributed by atoms with Gasteiger partial charge in [0.2, 0.25) is 0 Å². The van der Waals surface area contributed by atoms with E-state index in [1.165, 1.54) is 0 Å². The molecule has 96 valence electrons. The summed E-state index contributed by atoms with van der Waals surface area (Å²) in [7, 11) is 0. The molecule has 2 heterocycles. The topological polar surface area (TPSA) is 57.9 Å². The van der Waals surface area contributed by atoms with E-state index < -0.39 is 0 Å². The first-order valence-corrected chi connectivity index (χ1v) is 7.04. The normalized spacial score (nSPS) is 25.7. The summed E-state index contributed by atoms with van der Waals surface area (Å²) < 4.78 is 5.77. The van der Waals surface area contributed by atoms with Crippen LogP contribution in [0.2, 0.25) is 0 Å². The van der Waals surface area contributed by atoms with Crippen molar-refractivity contribution in [3.63, 3.8) is 0 Å². The third-order valence-electron chi connectivity index (χ3n) is 3.59. The SMILES string of the molecule is CC1CCOC1C(Br)c1ccc2[nH]c(=O)[nH]c2c1. The van der Waals surface area contributed by atoms with Gasteiger partial charge in [0.05, 0.1) is 22.0 Å². The number of hydrogen-bond donors (Lipinski definition) is 2. The van der Waals surface area contributed by atoms with E-state index in [0.29, 0.717) is 5.92 Å². The molecule has 2 N–H and O–H groups in total. The molecule has 5 heteroatoms. The van der Waals surface area contributed by atoms with Crippen molar-refractivity contribution in [1.82, 2.24) is 9.97 Å². The highest BCUT2D eigenvalue weighted by Gasteiger charge is 2.31. The lowest BCUT2D eigenvalue weighted by molar-refractivity contribution is 0.0935. The number of aromatic nitrogens is 2. The molecule has 0 bridgehead atoms. The quantitative estimate of drug-likeness (QED) is 0.838. The second kappa shape index (κ2) is 4.55. The highest BCUT2D eigenvalue weighted by atomic mass is 79.9. The number of nitrogens with one attached hydrogen (secondary N) is 2. The van der Waals surface area contributed by atoms with Crippen LogP contribution in [0.25, 0.3) is 11.0 Å². The summed E-state index contributed by atoms with van der Waals surface area (Å²) in [6.45, 7) is 3.04. The second-order valence-electron chi connectivity index (χ2n) is 4.89. The lowest BCUT2D eigenvalue weighted by Crippen LogP contribution is -2.19. The van der Waals surface area contributed by atoms with Crippen molar-refractivity contribution < 1.29 is 4.74 Å². The fraction of sp³-hybridized carbons (Fsp3) is 0.462. The number of benzene rings is 1. The van der Waals surface area contributed by atoms with Gasteiger partial charge >= 0.3 is 5.69 Å². The van der Waals surface area contributed by atoms with E-state index in [2.05, 4.69) is 32.8 Å². The number of hydrogen-bond acceptors (Lipinski definition) is 2. The van der Waals surface area contributed by atoms with Crippen LogP contribution in [-0.2, 0) is 4.74 Å². The van der Waals surface area contributed by atoms with Gasteiger partial charge in [-0.2, -0.15) is 0 Å². The molecule has 1 aliphatic rings. The van der Waals surface area contributed by atoms with Crippen molar-refractivity contribution in [3.05, 3.63) is 34.2 Å². The zero-order valence-electron chi connectivity index (χ0n) is 10.1. The molecule has 0 saturated carbocycles. The lowest BCUT2D eigenvalue weighted by atomic mass is 9.97. The average molecular weight is 311 g/mol. The summed E-state index contributed by atoms with van der Waals surface area (Å²) in [5.74, 6) is 0.551. The summed E-state index contributed by atoms with van der Waals surface area (Å²) in [4.78, 5) is 16.9. The lowest BCUT2D eigenvalue weighted by Gasteiger charge is -2.21. The molecule has 0 amide bonds. The molecule has 4 nitrogen and oxygen atoms in total. The van der Waals surface area contributed by atoms with Crippen LogP contribution in [-0.4, -0.2) is 22.7 Å². The second-order valence-corrected chi connectivity index (χ2v) is 5.87. The maximum atomic E-state index is 11.2. The summed E-state index contributed by atoms with van der Waals surface area (Å²) in [5.41, 5.74) is 2.65. The zero-order chi connectivity index (χ0) is 12.7. The first-order chi connectivity index (χ1) is 8.65. The molecule has 1 fully saturated rings. The Kier molecular flexibility index (Phi) is 3.03. The van der Waals surface area contributed by atoms with E-state index in [1.807, 2.05) is 18.2 Å². The van der Waals surface area contributed by atoms with Crippen LogP contribution in [0.4, 0.5) is 0 Å². The minimum Gasteiger partial charge on any atom is -0.376 e. The largest absolute Gasteiger partial charge is 0.376 e. The summed E-state index contributed by atoms with van der Waals surface area (Å²) in [6, 6.07) is 5.96. The molecule has 1 aromatic heterocycles. The van der Waals surface area contributed by atoms with Crippen LogP contribution < -0.4 is 5.69 Å². The van der Waals surface area contributed by atoms with Crippen molar-refractivity contribution in [1.29, 1.82) is 0 Å². The van der Waals surface area contributed by atoms with Crippen LogP contribution in [0.15, 0.2) is 23.0 Å². The molecule has 1 aromatic carbocycles. The van der Waals surface area contributed by atoms with E-state index in [4.69, 9.17) is 4.74 Å². The molecule has 3 rings (SSSR count). The maximum absolute atomic E-state index is 11.2. The molecule has 3 atom stereocenters. The Labute approximate surface area is 113 Å². The Balaban J connectivity index is 1.95. The molecule has 2 aromatic rings. The highest BCUT2D eigenvalue weighted by Crippen LogP contribution is 2.37. The van der Waals surface area contributed by atoms with Gasteiger partial charge in [-0.3, -0.25) is 0 Å². The van der Waals surface area contributed by atoms with Crippen LogP contribution in [0.3, 0.4) is 0 Å². The third-order valence-corrected chi connectivity index (χ3v) is 4.64. The predicted molar refractivity (Wildman–Crippen MR) is 74.1 cm³/mol. The van der Waals surface area contributed by atoms with Gasteiger partial charge in [0.15, 0.2) is 0 Å². The predicted octanol–water partition coefficient (Wildman–Crippen LogP) is 2.72. The van der Waals surface area contributed by atoms with Crippen molar-refractivity contribution in [2.24, 2.45) is 5.92 Å². The number of H-pyrrole nitrogens is 2. The van der Waals surface area contributed by atoms with Gasteiger partial charge in [-0.25, -0.2) is 4.79 Å². The highest BCUT2D eigenvalue weighted by molar-refractivity contribution is 9.09.